The summed E-state index contributed by atoms with van der Waals surface area (Å²) in [5, 5.41) is 7.20. The summed E-state index contributed by atoms with van der Waals surface area (Å²) in [6, 6.07) is 2.51. The molecule has 21 heavy (non-hydrogen) atoms. The molecule has 0 radical (unpaired) electrons. The van der Waals surface area contributed by atoms with Crippen LogP contribution in [0.3, 0.4) is 0 Å². The largest absolute Gasteiger partial charge is 0.355 e. The zero-order chi connectivity index (χ0) is 16.2. The number of nitrogens with one attached hydrogen (secondary N) is 3. The van der Waals surface area contributed by atoms with Crippen molar-refractivity contribution in [2.24, 2.45) is 0 Å². The zero-order valence-corrected chi connectivity index (χ0v) is 12.3. The number of rotatable bonds is 4. The number of carbonyl (C=O) groups excluding carboxylic acids is 4. The van der Waals surface area contributed by atoms with Crippen LogP contribution in [0.25, 0.3) is 0 Å². The molecule has 3 N–H and O–H groups in total. The topological polar surface area (TPSA) is 104 Å². The molecule has 0 aliphatic carbocycles. The highest BCUT2D eigenvalue weighted by Crippen LogP contribution is 2.19. The standard InChI is InChI=1S/C14H17N3O4/c1-7(18)8-5-10(13(20)16-3)11(14(21)17-4)6-9(8)12(19)15-2/h5-6H,1-4H3,(H,15,19)(H,16,20)(H,17,21). The molecule has 7 heteroatoms. The average molecular weight is 291 g/mol. The lowest BCUT2D eigenvalue weighted by Crippen LogP contribution is -2.28. The van der Waals surface area contributed by atoms with Crippen LogP contribution in [-0.4, -0.2) is 44.6 Å². The van der Waals surface area contributed by atoms with Gasteiger partial charge in [0.15, 0.2) is 5.78 Å². The van der Waals surface area contributed by atoms with E-state index in [9.17, 15) is 19.2 Å². The van der Waals surface area contributed by atoms with Crippen molar-refractivity contribution in [1.29, 1.82) is 0 Å². The average Bonchev–Trinajstić information content (AvgIpc) is 2.50. The minimum atomic E-state index is -0.520. The molecule has 0 aliphatic heterocycles. The first-order valence-corrected chi connectivity index (χ1v) is 6.22. The van der Waals surface area contributed by atoms with Gasteiger partial charge >= 0.3 is 0 Å². The lowest BCUT2D eigenvalue weighted by Gasteiger charge is -2.13. The molecule has 0 atom stereocenters. The van der Waals surface area contributed by atoms with Crippen molar-refractivity contribution in [3.8, 4) is 0 Å². The molecule has 1 aromatic rings. The van der Waals surface area contributed by atoms with Crippen LogP contribution < -0.4 is 16.0 Å². The van der Waals surface area contributed by atoms with Crippen LogP contribution in [0.4, 0.5) is 0 Å². The highest BCUT2D eigenvalue weighted by molar-refractivity contribution is 6.13. The normalized spacial score (nSPS) is 9.71. The maximum absolute atomic E-state index is 11.9. The van der Waals surface area contributed by atoms with Gasteiger partial charge in [-0.15, -0.1) is 0 Å². The molecular weight excluding hydrogens is 274 g/mol. The quantitative estimate of drug-likeness (QED) is 0.677. The van der Waals surface area contributed by atoms with E-state index in [4.69, 9.17) is 0 Å². The monoisotopic (exact) mass is 291 g/mol. The lowest BCUT2D eigenvalue weighted by molar-refractivity contribution is 0.0924. The smallest absolute Gasteiger partial charge is 0.251 e. The highest BCUT2D eigenvalue weighted by atomic mass is 16.2. The first-order valence-electron chi connectivity index (χ1n) is 6.22. The van der Waals surface area contributed by atoms with Gasteiger partial charge in [-0.2, -0.15) is 0 Å². The Morgan fingerprint density at radius 1 is 0.667 bits per heavy atom. The first kappa shape index (κ1) is 16.4. The number of hydrogen-bond donors (Lipinski definition) is 3. The SMILES string of the molecule is CNC(=O)c1cc(C(=O)NC)c(C(=O)NC)cc1C(C)=O. The molecule has 0 saturated carbocycles. The van der Waals surface area contributed by atoms with E-state index in [-0.39, 0.29) is 28.0 Å². The van der Waals surface area contributed by atoms with E-state index in [0.29, 0.717) is 0 Å². The molecule has 0 aromatic heterocycles. The van der Waals surface area contributed by atoms with Crippen molar-refractivity contribution < 1.29 is 19.2 Å². The molecule has 0 bridgehead atoms. The fourth-order valence-electron chi connectivity index (χ4n) is 1.86. The van der Waals surface area contributed by atoms with Crippen LogP contribution in [0.2, 0.25) is 0 Å². The second-order valence-corrected chi connectivity index (χ2v) is 4.24. The third-order valence-corrected chi connectivity index (χ3v) is 2.95. The Morgan fingerprint density at radius 3 is 1.24 bits per heavy atom. The molecule has 0 heterocycles. The Bertz CT molecular complexity index is 623. The first-order chi connectivity index (χ1) is 9.87. The summed E-state index contributed by atoms with van der Waals surface area (Å²) in [4.78, 5) is 47.3. The maximum Gasteiger partial charge on any atom is 0.251 e. The minimum absolute atomic E-state index is 0.0282. The molecule has 0 fully saturated rings. The van der Waals surface area contributed by atoms with Crippen molar-refractivity contribution >= 4 is 23.5 Å². The van der Waals surface area contributed by atoms with Gasteiger partial charge in [-0.05, 0) is 19.1 Å². The second kappa shape index (κ2) is 6.65. The third-order valence-electron chi connectivity index (χ3n) is 2.95. The number of ketones is 1. The lowest BCUT2D eigenvalue weighted by atomic mass is 9.94. The fourth-order valence-corrected chi connectivity index (χ4v) is 1.86. The predicted molar refractivity (Wildman–Crippen MR) is 76.6 cm³/mol. The van der Waals surface area contributed by atoms with E-state index < -0.39 is 17.7 Å². The van der Waals surface area contributed by atoms with Gasteiger partial charge in [-0.1, -0.05) is 0 Å². The Balaban J connectivity index is 3.69. The molecular formula is C14H17N3O4. The van der Waals surface area contributed by atoms with Gasteiger partial charge in [0.25, 0.3) is 17.7 Å². The Kier molecular flexibility index (Phi) is 5.18. The van der Waals surface area contributed by atoms with Crippen LogP contribution in [-0.2, 0) is 0 Å². The highest BCUT2D eigenvalue weighted by Gasteiger charge is 2.23. The van der Waals surface area contributed by atoms with Crippen molar-refractivity contribution in [3.05, 3.63) is 34.4 Å². The summed E-state index contributed by atoms with van der Waals surface area (Å²) < 4.78 is 0. The molecule has 0 saturated heterocycles. The van der Waals surface area contributed by atoms with Crippen LogP contribution in [0.15, 0.2) is 12.1 Å². The van der Waals surface area contributed by atoms with Crippen molar-refractivity contribution in [2.75, 3.05) is 21.1 Å². The van der Waals surface area contributed by atoms with Gasteiger partial charge in [0.1, 0.15) is 0 Å². The van der Waals surface area contributed by atoms with Crippen LogP contribution in [0.5, 0.6) is 0 Å². The number of Topliss-reactive ketones (excluding diaryl/α,β-unsaturated/α-hetero) is 1. The van der Waals surface area contributed by atoms with Gasteiger partial charge in [-0.3, -0.25) is 19.2 Å². The summed E-state index contributed by atoms with van der Waals surface area (Å²) in [5.41, 5.74) is 0.201. The molecule has 0 unspecified atom stereocenters. The summed E-state index contributed by atoms with van der Waals surface area (Å²) >= 11 is 0. The maximum atomic E-state index is 11.9. The Hall–Kier alpha value is -2.70. The van der Waals surface area contributed by atoms with Crippen molar-refractivity contribution in [3.63, 3.8) is 0 Å². The zero-order valence-electron chi connectivity index (χ0n) is 12.3. The van der Waals surface area contributed by atoms with E-state index in [1.165, 1.54) is 40.2 Å². The molecule has 3 amide bonds. The van der Waals surface area contributed by atoms with Crippen LogP contribution in [0.1, 0.15) is 48.4 Å². The summed E-state index contributed by atoms with van der Waals surface area (Å²) in [7, 11) is 4.24. The Labute approximate surface area is 122 Å². The third kappa shape index (κ3) is 3.25. The predicted octanol–water partition coefficient (Wildman–Crippen LogP) is -0.0320. The van der Waals surface area contributed by atoms with Crippen LogP contribution >= 0.6 is 0 Å². The van der Waals surface area contributed by atoms with Gasteiger partial charge in [0.2, 0.25) is 0 Å². The van der Waals surface area contributed by atoms with Gasteiger partial charge in [-0.25, -0.2) is 0 Å². The van der Waals surface area contributed by atoms with E-state index in [2.05, 4.69) is 16.0 Å². The molecule has 0 spiro atoms. The van der Waals surface area contributed by atoms with Gasteiger partial charge < -0.3 is 16.0 Å². The van der Waals surface area contributed by atoms with Gasteiger partial charge in [0.05, 0.1) is 16.7 Å². The molecule has 1 aromatic carbocycles. The summed E-state index contributed by atoms with van der Waals surface area (Å²) in [6.45, 7) is 1.29. The van der Waals surface area contributed by atoms with Crippen molar-refractivity contribution in [2.45, 2.75) is 6.92 Å². The number of benzene rings is 1. The summed E-state index contributed by atoms with van der Waals surface area (Å²) in [6.07, 6.45) is 0. The summed E-state index contributed by atoms with van der Waals surface area (Å²) in [5.74, 6) is -1.91. The molecule has 112 valence electrons. The second-order valence-electron chi connectivity index (χ2n) is 4.24. The number of hydrogen-bond acceptors (Lipinski definition) is 4. The minimum Gasteiger partial charge on any atom is -0.355 e. The molecule has 1 rings (SSSR count). The van der Waals surface area contributed by atoms with Crippen molar-refractivity contribution in [1.82, 2.24) is 16.0 Å². The van der Waals surface area contributed by atoms with E-state index >= 15 is 0 Å². The number of carbonyl (C=O) groups is 4. The fraction of sp³-hybridized carbons (Fsp3) is 0.286. The van der Waals surface area contributed by atoms with E-state index in [1.807, 2.05) is 0 Å². The van der Waals surface area contributed by atoms with E-state index in [1.54, 1.807) is 0 Å². The van der Waals surface area contributed by atoms with E-state index in [0.717, 1.165) is 0 Å². The van der Waals surface area contributed by atoms with Gasteiger partial charge in [0, 0.05) is 26.7 Å². The number of amides is 3. The Morgan fingerprint density at radius 2 is 0.952 bits per heavy atom. The van der Waals surface area contributed by atoms with Crippen LogP contribution in [0, 0.1) is 0 Å². The molecule has 7 nitrogen and oxygen atoms in total. The molecule has 0 aliphatic rings.